The number of aromatic nitrogens is 2. The number of nitrogens with zero attached hydrogens (tertiary/aromatic N) is 3. The van der Waals surface area contributed by atoms with Gasteiger partial charge in [0.15, 0.2) is 5.52 Å². The monoisotopic (exact) mass is 454 g/mol. The van der Waals surface area contributed by atoms with E-state index in [0.717, 1.165) is 15.5 Å². The average Bonchev–Trinajstić information content (AvgIpc) is 3.34. The first kappa shape index (κ1) is 20.7. The molecule has 1 aromatic heterocycles. The lowest BCUT2D eigenvalue weighted by atomic mass is 10.0. The summed E-state index contributed by atoms with van der Waals surface area (Å²) in [6.07, 6.45) is 0. The molecule has 162 valence electrons. The maximum Gasteiger partial charge on any atom is 0.300 e. The Bertz CT molecular complexity index is 1420. The van der Waals surface area contributed by atoms with Crippen molar-refractivity contribution in [1.82, 2.24) is 10.3 Å². The van der Waals surface area contributed by atoms with Crippen molar-refractivity contribution in [2.45, 2.75) is 16.3 Å². The number of non-ortho nitro benzene ring substituents is 1. The molecule has 0 atom stereocenters. The zero-order valence-electron chi connectivity index (χ0n) is 17.3. The van der Waals surface area contributed by atoms with Crippen LogP contribution in [0.3, 0.4) is 0 Å². The van der Waals surface area contributed by atoms with Crippen molar-refractivity contribution >= 4 is 34.2 Å². The molecule has 0 bridgehead atoms. The van der Waals surface area contributed by atoms with Crippen LogP contribution in [0.15, 0.2) is 105 Å². The summed E-state index contributed by atoms with van der Waals surface area (Å²) in [6.45, 7) is 0.693. The molecule has 0 amide bonds. The van der Waals surface area contributed by atoms with Crippen molar-refractivity contribution in [3.8, 4) is 11.1 Å². The predicted octanol–water partition coefficient (Wildman–Crippen LogP) is 6.56. The second-order valence-corrected chi connectivity index (χ2v) is 8.46. The summed E-state index contributed by atoms with van der Waals surface area (Å²) in [6, 6.07) is 29.9. The quantitative estimate of drug-likeness (QED) is 0.220. The highest BCUT2D eigenvalue weighted by Gasteiger charge is 2.20. The molecule has 0 fully saturated rings. The molecule has 0 aliphatic heterocycles. The highest BCUT2D eigenvalue weighted by molar-refractivity contribution is 7.99. The van der Waals surface area contributed by atoms with E-state index in [1.54, 1.807) is 6.07 Å². The summed E-state index contributed by atoms with van der Waals surface area (Å²) >= 11 is 1.45. The van der Waals surface area contributed by atoms with Gasteiger partial charge in [-0.25, -0.2) is 4.63 Å². The zero-order chi connectivity index (χ0) is 22.6. The van der Waals surface area contributed by atoms with Gasteiger partial charge in [0.25, 0.3) is 0 Å². The molecule has 0 saturated heterocycles. The number of benzene rings is 4. The number of anilines is 1. The number of nitrogens with one attached hydrogen (secondary N) is 1. The highest BCUT2D eigenvalue weighted by Crippen LogP contribution is 2.36. The second kappa shape index (κ2) is 9.13. The number of hydrogen-bond donors (Lipinski definition) is 1. The Labute approximate surface area is 193 Å². The molecule has 0 radical (unpaired) electrons. The summed E-state index contributed by atoms with van der Waals surface area (Å²) in [5.74, 6) is 0. The van der Waals surface area contributed by atoms with Crippen molar-refractivity contribution in [1.29, 1.82) is 0 Å². The first-order valence-electron chi connectivity index (χ1n) is 10.2. The van der Waals surface area contributed by atoms with Gasteiger partial charge in [-0.15, -0.1) is 0 Å². The molecule has 1 heterocycles. The molecular weight excluding hydrogens is 436 g/mol. The molecule has 0 aliphatic rings. The van der Waals surface area contributed by atoms with Crippen LogP contribution in [0.4, 0.5) is 11.4 Å². The highest BCUT2D eigenvalue weighted by atomic mass is 32.2. The number of hydrogen-bond acceptors (Lipinski definition) is 7. The Balaban J connectivity index is 1.28. The van der Waals surface area contributed by atoms with Crippen LogP contribution in [0.2, 0.25) is 0 Å². The van der Waals surface area contributed by atoms with Crippen LogP contribution in [0, 0.1) is 10.1 Å². The van der Waals surface area contributed by atoms with Crippen LogP contribution in [-0.4, -0.2) is 15.2 Å². The largest absolute Gasteiger partial charge is 0.381 e. The first-order valence-corrected chi connectivity index (χ1v) is 11.0. The van der Waals surface area contributed by atoms with Gasteiger partial charge in [-0.3, -0.25) is 10.1 Å². The lowest BCUT2D eigenvalue weighted by Crippen LogP contribution is -1.99. The molecule has 4 aromatic carbocycles. The molecule has 5 rings (SSSR count). The van der Waals surface area contributed by atoms with Crippen LogP contribution >= 0.6 is 11.8 Å². The summed E-state index contributed by atoms with van der Waals surface area (Å²) in [4.78, 5) is 12.4. The summed E-state index contributed by atoms with van der Waals surface area (Å²) in [7, 11) is 0. The van der Waals surface area contributed by atoms with Gasteiger partial charge in [0.1, 0.15) is 0 Å². The van der Waals surface area contributed by atoms with Crippen molar-refractivity contribution in [3.05, 3.63) is 107 Å². The molecule has 1 N–H and O–H groups in total. The minimum absolute atomic E-state index is 0.121. The fourth-order valence-corrected chi connectivity index (χ4v) is 4.46. The zero-order valence-corrected chi connectivity index (χ0v) is 18.2. The topological polar surface area (TPSA) is 94.1 Å². The van der Waals surface area contributed by atoms with Crippen molar-refractivity contribution in [2.75, 3.05) is 5.32 Å². The second-order valence-electron chi connectivity index (χ2n) is 7.35. The maximum atomic E-state index is 11.2. The van der Waals surface area contributed by atoms with Gasteiger partial charge in [-0.2, -0.15) is 0 Å². The van der Waals surface area contributed by atoms with Gasteiger partial charge >= 0.3 is 5.69 Å². The molecule has 0 aliphatic carbocycles. The third kappa shape index (κ3) is 4.56. The number of nitro groups is 1. The first-order chi connectivity index (χ1) is 16.2. The predicted molar refractivity (Wildman–Crippen MR) is 128 cm³/mol. The molecule has 7 nitrogen and oxygen atoms in total. The molecular formula is C25H18N4O3S. The molecule has 5 aromatic rings. The van der Waals surface area contributed by atoms with Crippen LogP contribution < -0.4 is 5.32 Å². The van der Waals surface area contributed by atoms with Gasteiger partial charge in [-0.05, 0) is 51.3 Å². The SMILES string of the molecule is O=[N+]([O-])c1ccc(Sc2cccc(NCc3ccc(-c4ccccc4)cc3)c2)c2nonc12. The maximum absolute atomic E-state index is 11.2. The third-order valence-electron chi connectivity index (χ3n) is 5.17. The average molecular weight is 455 g/mol. The van der Waals surface area contributed by atoms with Crippen LogP contribution in [-0.2, 0) is 6.54 Å². The molecule has 8 heteroatoms. The van der Waals surface area contributed by atoms with E-state index in [0.29, 0.717) is 12.1 Å². The summed E-state index contributed by atoms with van der Waals surface area (Å²) < 4.78 is 4.75. The van der Waals surface area contributed by atoms with Crippen molar-refractivity contribution < 1.29 is 9.55 Å². The summed E-state index contributed by atoms with van der Waals surface area (Å²) in [5.41, 5.74) is 4.95. The van der Waals surface area contributed by atoms with Crippen LogP contribution in [0.5, 0.6) is 0 Å². The van der Waals surface area contributed by atoms with E-state index < -0.39 is 4.92 Å². The van der Waals surface area contributed by atoms with Gasteiger partial charge < -0.3 is 5.32 Å². The Morgan fingerprint density at radius 1 is 0.848 bits per heavy atom. The van der Waals surface area contributed by atoms with Gasteiger partial charge in [0.2, 0.25) is 5.52 Å². The van der Waals surface area contributed by atoms with E-state index in [-0.39, 0.29) is 11.2 Å². The van der Waals surface area contributed by atoms with Crippen molar-refractivity contribution in [3.63, 3.8) is 0 Å². The minimum atomic E-state index is -0.488. The molecule has 0 unspecified atom stereocenters. The van der Waals surface area contributed by atoms with Crippen LogP contribution in [0.1, 0.15) is 5.56 Å². The molecule has 33 heavy (non-hydrogen) atoms. The normalized spacial score (nSPS) is 10.9. The Hall–Kier alpha value is -4.17. The van der Waals surface area contributed by atoms with E-state index in [1.807, 2.05) is 42.5 Å². The lowest BCUT2D eigenvalue weighted by Gasteiger charge is -2.09. The number of nitro benzene ring substituents is 1. The standard InChI is InChI=1S/C25H18N4O3S/c30-29(31)22-13-14-23(25-24(22)27-32-28-25)33-21-8-4-7-20(15-21)26-16-17-9-11-19(12-10-17)18-5-2-1-3-6-18/h1-15,26H,16H2. The number of rotatable bonds is 7. The fraction of sp³-hybridized carbons (Fsp3) is 0.0400. The Kier molecular flexibility index (Phi) is 5.73. The third-order valence-corrected chi connectivity index (χ3v) is 6.21. The van der Waals surface area contributed by atoms with Crippen LogP contribution in [0.25, 0.3) is 22.2 Å². The lowest BCUT2D eigenvalue weighted by molar-refractivity contribution is -0.383. The van der Waals surface area contributed by atoms with E-state index in [9.17, 15) is 10.1 Å². The van der Waals surface area contributed by atoms with E-state index >= 15 is 0 Å². The van der Waals surface area contributed by atoms with E-state index in [2.05, 4.69) is 52.0 Å². The summed E-state index contributed by atoms with van der Waals surface area (Å²) in [5, 5.41) is 22.2. The van der Waals surface area contributed by atoms with Gasteiger partial charge in [0.05, 0.1) is 4.92 Å². The van der Waals surface area contributed by atoms with E-state index in [4.69, 9.17) is 4.63 Å². The fourth-order valence-electron chi connectivity index (χ4n) is 3.51. The smallest absolute Gasteiger partial charge is 0.300 e. The van der Waals surface area contributed by atoms with Gasteiger partial charge in [0, 0.05) is 28.1 Å². The molecule has 0 spiro atoms. The van der Waals surface area contributed by atoms with Gasteiger partial charge in [-0.1, -0.05) is 72.4 Å². The minimum Gasteiger partial charge on any atom is -0.381 e. The Morgan fingerprint density at radius 2 is 1.61 bits per heavy atom. The Morgan fingerprint density at radius 3 is 2.39 bits per heavy atom. The van der Waals surface area contributed by atoms with Crippen molar-refractivity contribution in [2.24, 2.45) is 0 Å². The number of fused-ring (bicyclic) bond motifs is 1. The van der Waals surface area contributed by atoms with E-state index in [1.165, 1.54) is 34.5 Å². The molecule has 0 saturated carbocycles.